The third-order valence-corrected chi connectivity index (χ3v) is 6.57. The van der Waals surface area contributed by atoms with Crippen molar-refractivity contribution in [1.29, 1.82) is 0 Å². The maximum absolute atomic E-state index is 12.6. The number of amides is 1. The summed E-state index contributed by atoms with van der Waals surface area (Å²) >= 11 is 1.72. The van der Waals surface area contributed by atoms with E-state index in [9.17, 15) is 4.79 Å². The van der Waals surface area contributed by atoms with E-state index in [0.29, 0.717) is 26.2 Å². The molecule has 4 rings (SSSR count). The molecule has 0 radical (unpaired) electrons. The second-order valence-electron chi connectivity index (χ2n) is 7.75. The minimum atomic E-state index is -0.242. The number of aromatic nitrogens is 3. The summed E-state index contributed by atoms with van der Waals surface area (Å²) < 4.78 is 7.65. The van der Waals surface area contributed by atoms with Crippen LogP contribution in [0, 0.1) is 0 Å². The fourth-order valence-corrected chi connectivity index (χ4v) is 4.59. The maximum Gasteiger partial charge on any atom is 0.251 e. The molecule has 1 amide bonds. The van der Waals surface area contributed by atoms with Gasteiger partial charge in [0.05, 0.1) is 6.54 Å². The number of nitrogens with zero attached hydrogens (tertiary/aromatic N) is 6. The lowest BCUT2D eigenvalue weighted by atomic mass is 10.2. The molecule has 176 valence electrons. The van der Waals surface area contributed by atoms with Crippen LogP contribution >= 0.6 is 35.3 Å². The number of carbonyl (C=O) groups is 1. The quantitative estimate of drug-likeness (QED) is 0.310. The smallest absolute Gasteiger partial charge is 0.251 e. The molecule has 0 aliphatic carbocycles. The molecule has 11 heteroatoms. The SMILES string of the molecule is CCc1nncn1CCNC(=NCc1cccs1)N1CCN(C(=O)C2CCCO2)CC1.I. The van der Waals surface area contributed by atoms with Gasteiger partial charge in [0.15, 0.2) is 5.96 Å². The number of aryl methyl sites for hydroxylation is 1. The van der Waals surface area contributed by atoms with Crippen molar-refractivity contribution in [3.8, 4) is 0 Å². The van der Waals surface area contributed by atoms with Crippen LogP contribution in [0.25, 0.3) is 0 Å². The van der Waals surface area contributed by atoms with E-state index in [1.807, 2.05) is 4.90 Å². The van der Waals surface area contributed by atoms with Gasteiger partial charge in [0.2, 0.25) is 0 Å². The fraction of sp³-hybridized carbons (Fsp3) is 0.619. The van der Waals surface area contributed by atoms with Crippen LogP contribution in [0.1, 0.15) is 30.5 Å². The van der Waals surface area contributed by atoms with Gasteiger partial charge in [-0.3, -0.25) is 4.79 Å². The summed E-state index contributed by atoms with van der Waals surface area (Å²) in [4.78, 5) is 22.9. The van der Waals surface area contributed by atoms with E-state index in [4.69, 9.17) is 9.73 Å². The lowest BCUT2D eigenvalue weighted by Gasteiger charge is -2.37. The molecule has 0 aromatic carbocycles. The van der Waals surface area contributed by atoms with Crippen molar-refractivity contribution in [2.75, 3.05) is 39.3 Å². The summed E-state index contributed by atoms with van der Waals surface area (Å²) in [6.07, 6.45) is 4.22. The highest BCUT2D eigenvalue weighted by Gasteiger charge is 2.30. The Bertz CT molecular complexity index is 859. The molecular weight excluding hydrogens is 541 g/mol. The number of guanidine groups is 1. The van der Waals surface area contributed by atoms with E-state index in [1.54, 1.807) is 17.7 Å². The first kappa shape index (κ1) is 24.9. The van der Waals surface area contributed by atoms with Crippen LogP contribution < -0.4 is 5.32 Å². The van der Waals surface area contributed by atoms with Crippen LogP contribution in [0.5, 0.6) is 0 Å². The number of nitrogens with one attached hydrogen (secondary N) is 1. The summed E-state index contributed by atoms with van der Waals surface area (Å²) in [6, 6.07) is 4.16. The standard InChI is InChI=1S/C21H31N7O2S.HI/c1-2-19-25-24-16-28(19)8-7-22-21(23-15-17-5-4-14-31-17)27-11-9-26(10-12-27)20(29)18-6-3-13-30-18;/h4-5,14,16,18H,2-3,6-13,15H2,1H3,(H,22,23);1H. The predicted octanol–water partition coefficient (Wildman–Crippen LogP) is 1.99. The molecule has 32 heavy (non-hydrogen) atoms. The van der Waals surface area contributed by atoms with Gasteiger partial charge in [-0.25, -0.2) is 4.99 Å². The average Bonchev–Trinajstić information content (AvgIpc) is 3.58. The second kappa shape index (κ2) is 12.5. The first-order valence-electron chi connectivity index (χ1n) is 11.1. The molecule has 0 spiro atoms. The molecule has 0 bridgehead atoms. The highest BCUT2D eigenvalue weighted by Crippen LogP contribution is 2.16. The Morgan fingerprint density at radius 2 is 2.12 bits per heavy atom. The van der Waals surface area contributed by atoms with Gasteiger partial charge in [-0.2, -0.15) is 0 Å². The van der Waals surface area contributed by atoms with Crippen molar-refractivity contribution < 1.29 is 9.53 Å². The molecular formula is C21H32IN7O2S. The molecule has 1 N–H and O–H groups in total. The van der Waals surface area contributed by atoms with Crippen LogP contribution in [0.3, 0.4) is 0 Å². The molecule has 2 aromatic heterocycles. The van der Waals surface area contributed by atoms with E-state index >= 15 is 0 Å². The van der Waals surface area contributed by atoms with Crippen molar-refractivity contribution >= 4 is 47.2 Å². The fourth-order valence-electron chi connectivity index (χ4n) is 3.97. The lowest BCUT2D eigenvalue weighted by molar-refractivity contribution is -0.142. The van der Waals surface area contributed by atoms with Crippen LogP contribution in [-0.4, -0.2) is 81.9 Å². The number of carbonyl (C=O) groups excluding carboxylic acids is 1. The topological polar surface area (TPSA) is 87.9 Å². The van der Waals surface area contributed by atoms with Crippen molar-refractivity contribution in [3.05, 3.63) is 34.5 Å². The summed E-state index contributed by atoms with van der Waals surface area (Å²) in [5, 5.41) is 13.7. The van der Waals surface area contributed by atoms with Crippen molar-refractivity contribution in [2.24, 2.45) is 4.99 Å². The van der Waals surface area contributed by atoms with E-state index < -0.39 is 0 Å². The molecule has 2 saturated heterocycles. The van der Waals surface area contributed by atoms with Crippen LogP contribution in [0.4, 0.5) is 0 Å². The highest BCUT2D eigenvalue weighted by atomic mass is 127. The average molecular weight is 574 g/mol. The van der Waals surface area contributed by atoms with Crippen molar-refractivity contribution in [1.82, 2.24) is 29.9 Å². The van der Waals surface area contributed by atoms with Crippen LogP contribution in [0.15, 0.2) is 28.8 Å². The number of thiophene rings is 1. The Hall–Kier alpha value is -1.73. The minimum absolute atomic E-state index is 0. The van der Waals surface area contributed by atoms with Gasteiger partial charge in [-0.15, -0.1) is 45.5 Å². The monoisotopic (exact) mass is 573 g/mol. The Morgan fingerprint density at radius 3 is 2.81 bits per heavy atom. The second-order valence-corrected chi connectivity index (χ2v) is 8.79. The van der Waals surface area contributed by atoms with Gasteiger partial charge >= 0.3 is 0 Å². The number of aliphatic imine (C=N–C) groups is 1. The van der Waals surface area contributed by atoms with Gasteiger partial charge in [-0.1, -0.05) is 13.0 Å². The van der Waals surface area contributed by atoms with Crippen molar-refractivity contribution in [3.63, 3.8) is 0 Å². The number of hydrogen-bond acceptors (Lipinski definition) is 6. The zero-order chi connectivity index (χ0) is 21.5. The van der Waals surface area contributed by atoms with Gasteiger partial charge in [-0.05, 0) is 24.3 Å². The van der Waals surface area contributed by atoms with E-state index in [2.05, 4.69) is 49.4 Å². The summed E-state index contributed by atoms with van der Waals surface area (Å²) in [5.41, 5.74) is 0. The number of ether oxygens (including phenoxy) is 1. The van der Waals surface area contributed by atoms with Gasteiger partial charge < -0.3 is 24.4 Å². The molecule has 1 atom stereocenters. The number of halogens is 1. The molecule has 9 nitrogen and oxygen atoms in total. The molecule has 2 fully saturated rings. The highest BCUT2D eigenvalue weighted by molar-refractivity contribution is 14.0. The Morgan fingerprint density at radius 1 is 1.31 bits per heavy atom. The van der Waals surface area contributed by atoms with Gasteiger partial charge in [0.1, 0.15) is 18.3 Å². The number of hydrogen-bond donors (Lipinski definition) is 1. The maximum atomic E-state index is 12.6. The first-order chi connectivity index (χ1) is 15.2. The third kappa shape index (κ3) is 6.41. The predicted molar refractivity (Wildman–Crippen MR) is 135 cm³/mol. The van der Waals surface area contributed by atoms with Gasteiger partial charge in [0.25, 0.3) is 5.91 Å². The first-order valence-corrected chi connectivity index (χ1v) is 11.9. The third-order valence-electron chi connectivity index (χ3n) is 5.71. The Labute approximate surface area is 210 Å². The number of piperazine rings is 1. The molecule has 2 aliphatic heterocycles. The van der Waals surface area contributed by atoms with Crippen LogP contribution in [-0.2, 0) is 29.0 Å². The molecule has 4 heterocycles. The lowest BCUT2D eigenvalue weighted by Crippen LogP contribution is -2.55. The van der Waals surface area contributed by atoms with Gasteiger partial charge in [0, 0.05) is 57.2 Å². The zero-order valence-electron chi connectivity index (χ0n) is 18.5. The largest absolute Gasteiger partial charge is 0.368 e. The molecule has 1 unspecified atom stereocenters. The normalized spacial score (nSPS) is 19.2. The molecule has 0 saturated carbocycles. The Kier molecular flexibility index (Phi) is 9.72. The van der Waals surface area contributed by atoms with Crippen LogP contribution in [0.2, 0.25) is 0 Å². The summed E-state index contributed by atoms with van der Waals surface area (Å²) in [5.74, 6) is 2.02. The van der Waals surface area contributed by atoms with Crippen molar-refractivity contribution in [2.45, 2.75) is 45.4 Å². The van der Waals surface area contributed by atoms with E-state index in [0.717, 1.165) is 57.2 Å². The zero-order valence-corrected chi connectivity index (χ0v) is 21.6. The van der Waals surface area contributed by atoms with E-state index in [1.165, 1.54) is 4.88 Å². The number of rotatable bonds is 7. The Balaban J connectivity index is 0.00000289. The summed E-state index contributed by atoms with van der Waals surface area (Å²) in [7, 11) is 0. The van der Waals surface area contributed by atoms with E-state index in [-0.39, 0.29) is 36.0 Å². The minimum Gasteiger partial charge on any atom is -0.368 e. The summed E-state index contributed by atoms with van der Waals surface area (Å²) in [6.45, 7) is 7.89. The molecule has 2 aromatic rings. The molecule has 2 aliphatic rings.